The van der Waals surface area contributed by atoms with Gasteiger partial charge >= 0.3 is 0 Å². The number of amides is 1. The van der Waals surface area contributed by atoms with E-state index in [1.54, 1.807) is 6.20 Å². The van der Waals surface area contributed by atoms with Crippen LogP contribution < -0.4 is 10.6 Å². The summed E-state index contributed by atoms with van der Waals surface area (Å²) >= 11 is 0. The lowest BCUT2D eigenvalue weighted by atomic mass is 9.96. The maximum atomic E-state index is 12.9. The highest BCUT2D eigenvalue weighted by molar-refractivity contribution is 6.07. The number of carbonyl (C=O) groups is 1. The topological polar surface area (TPSA) is 84.3 Å². The Morgan fingerprint density at radius 3 is 2.92 bits per heavy atom. The van der Waals surface area contributed by atoms with Crippen LogP contribution in [0.1, 0.15) is 39.5 Å². The molecule has 0 radical (unpaired) electrons. The Labute approximate surface area is 210 Å². The summed E-state index contributed by atoms with van der Waals surface area (Å²) in [7, 11) is 6.12. The number of aryl methyl sites for hydroxylation is 1. The molecule has 1 saturated heterocycles. The van der Waals surface area contributed by atoms with Gasteiger partial charge in [-0.05, 0) is 44.3 Å². The van der Waals surface area contributed by atoms with Crippen molar-refractivity contribution < 1.29 is 9.53 Å². The average molecular weight is 483 g/mol. The van der Waals surface area contributed by atoms with E-state index in [0.29, 0.717) is 29.5 Å². The van der Waals surface area contributed by atoms with E-state index in [1.165, 1.54) is 5.56 Å². The van der Waals surface area contributed by atoms with Gasteiger partial charge in [-0.25, -0.2) is 4.98 Å². The Bertz CT molecular complexity index is 1470. The molecule has 5 heterocycles. The number of nitrogens with one attached hydrogen (secondary N) is 2. The van der Waals surface area contributed by atoms with Gasteiger partial charge in [-0.3, -0.25) is 9.78 Å². The molecule has 4 aromatic rings. The first-order chi connectivity index (χ1) is 17.5. The van der Waals surface area contributed by atoms with Crippen LogP contribution in [0.15, 0.2) is 48.8 Å². The molecule has 3 aromatic heterocycles. The van der Waals surface area contributed by atoms with Gasteiger partial charge in [-0.2, -0.15) is 0 Å². The smallest absolute Gasteiger partial charge is 0.254 e. The first kappa shape index (κ1) is 22.7. The van der Waals surface area contributed by atoms with Crippen LogP contribution in [-0.4, -0.2) is 52.7 Å². The summed E-state index contributed by atoms with van der Waals surface area (Å²) < 4.78 is 7.72. The van der Waals surface area contributed by atoms with Crippen LogP contribution in [-0.2, 0) is 24.9 Å². The number of hydrogen-bond donors (Lipinski definition) is 2. The molecule has 0 spiro atoms. The minimum atomic E-state index is -0.0929. The van der Waals surface area contributed by atoms with E-state index in [9.17, 15) is 4.79 Å². The lowest BCUT2D eigenvalue weighted by Gasteiger charge is -2.19. The molecule has 1 amide bonds. The number of anilines is 2. The zero-order valence-electron chi connectivity index (χ0n) is 20.8. The minimum absolute atomic E-state index is 0.0929. The number of nitrogens with zero attached hydrogens (tertiary/aromatic N) is 4. The summed E-state index contributed by atoms with van der Waals surface area (Å²) in [5.74, 6) is 0.985. The minimum Gasteiger partial charge on any atom is -0.381 e. The van der Waals surface area contributed by atoms with Crippen molar-refractivity contribution in [1.82, 2.24) is 24.8 Å². The third kappa shape index (κ3) is 3.92. The van der Waals surface area contributed by atoms with E-state index < -0.39 is 0 Å². The van der Waals surface area contributed by atoms with Gasteiger partial charge < -0.3 is 24.8 Å². The van der Waals surface area contributed by atoms with Gasteiger partial charge in [-0.15, -0.1) is 0 Å². The summed E-state index contributed by atoms with van der Waals surface area (Å²) in [6.07, 6.45) is 4.82. The maximum absolute atomic E-state index is 12.9. The van der Waals surface area contributed by atoms with E-state index in [-0.39, 0.29) is 5.91 Å². The Morgan fingerprint density at radius 1 is 1.22 bits per heavy atom. The summed E-state index contributed by atoms with van der Waals surface area (Å²) in [6.45, 7) is 2.72. The molecule has 1 fully saturated rings. The molecule has 0 saturated carbocycles. The number of benzene rings is 1. The van der Waals surface area contributed by atoms with Gasteiger partial charge in [0.05, 0.1) is 35.4 Å². The normalized spacial score (nSPS) is 17.1. The Balaban J connectivity index is 1.39. The molecule has 2 aliphatic heterocycles. The van der Waals surface area contributed by atoms with Crippen molar-refractivity contribution in [1.29, 1.82) is 0 Å². The molecule has 0 bridgehead atoms. The van der Waals surface area contributed by atoms with Crippen LogP contribution in [0.25, 0.3) is 22.2 Å². The number of rotatable bonds is 6. The first-order valence-corrected chi connectivity index (χ1v) is 12.3. The molecule has 2 aliphatic rings. The number of hydrogen-bond acceptors (Lipinski definition) is 6. The first-order valence-electron chi connectivity index (χ1n) is 12.3. The average Bonchev–Trinajstić information content (AvgIpc) is 3.61. The molecule has 8 heteroatoms. The predicted molar refractivity (Wildman–Crippen MR) is 140 cm³/mol. The van der Waals surface area contributed by atoms with Crippen LogP contribution in [0.2, 0.25) is 0 Å². The summed E-state index contributed by atoms with van der Waals surface area (Å²) in [6, 6.07) is 12.4. The van der Waals surface area contributed by atoms with Crippen molar-refractivity contribution in [3.05, 3.63) is 71.2 Å². The van der Waals surface area contributed by atoms with Crippen LogP contribution in [0, 0.1) is 0 Å². The van der Waals surface area contributed by atoms with Crippen LogP contribution in [0.5, 0.6) is 0 Å². The number of aromatic nitrogens is 3. The zero-order valence-corrected chi connectivity index (χ0v) is 20.8. The number of carbonyl (C=O) groups excluding carboxylic acids is 1. The summed E-state index contributed by atoms with van der Waals surface area (Å²) in [5, 5.41) is 7.51. The molecule has 0 aliphatic carbocycles. The highest BCUT2D eigenvalue weighted by atomic mass is 16.5. The number of fused-ring (bicyclic) bond motifs is 2. The molecule has 6 rings (SSSR count). The second-order valence-corrected chi connectivity index (χ2v) is 9.88. The molecule has 184 valence electrons. The van der Waals surface area contributed by atoms with E-state index >= 15 is 0 Å². The van der Waals surface area contributed by atoms with Gasteiger partial charge in [0.1, 0.15) is 5.82 Å². The molecule has 1 aromatic carbocycles. The fourth-order valence-corrected chi connectivity index (χ4v) is 5.37. The van der Waals surface area contributed by atoms with Crippen molar-refractivity contribution in [3.8, 4) is 11.3 Å². The van der Waals surface area contributed by atoms with Gasteiger partial charge in [0, 0.05) is 60.9 Å². The monoisotopic (exact) mass is 482 g/mol. The van der Waals surface area contributed by atoms with Crippen LogP contribution in [0.3, 0.4) is 0 Å². The number of pyridine rings is 2. The third-order valence-corrected chi connectivity index (χ3v) is 7.12. The Morgan fingerprint density at radius 2 is 2.11 bits per heavy atom. The van der Waals surface area contributed by atoms with E-state index in [2.05, 4.69) is 44.4 Å². The van der Waals surface area contributed by atoms with Crippen LogP contribution in [0.4, 0.5) is 11.5 Å². The second-order valence-electron chi connectivity index (χ2n) is 9.88. The van der Waals surface area contributed by atoms with E-state index in [4.69, 9.17) is 14.7 Å². The third-order valence-electron chi connectivity index (χ3n) is 7.12. The van der Waals surface area contributed by atoms with Crippen molar-refractivity contribution in [2.24, 2.45) is 7.05 Å². The van der Waals surface area contributed by atoms with Crippen molar-refractivity contribution in [2.45, 2.75) is 25.4 Å². The van der Waals surface area contributed by atoms with E-state index in [1.807, 2.05) is 39.5 Å². The van der Waals surface area contributed by atoms with Crippen molar-refractivity contribution in [3.63, 3.8) is 0 Å². The zero-order chi connectivity index (χ0) is 24.8. The standard InChI is InChI=1S/C28H30N6O2/c1-33(2)15-23-18(17-10-12-36-16-17)7-8-25(32-23)31-22-14-29-27(21-13-30-28(35)26(21)22)20-5-4-6-24-19(20)9-11-34(24)3/h4-9,11,14,17H,10,12-13,15-16H2,1-3H3,(H,30,35)(H,31,32)/t17-/m1/s1. The molecule has 1 atom stereocenters. The van der Waals surface area contributed by atoms with E-state index in [0.717, 1.165) is 59.6 Å². The van der Waals surface area contributed by atoms with Gasteiger partial charge in [0.2, 0.25) is 0 Å². The van der Waals surface area contributed by atoms with Crippen molar-refractivity contribution >= 4 is 28.3 Å². The van der Waals surface area contributed by atoms with Crippen molar-refractivity contribution in [2.75, 3.05) is 32.6 Å². The quantitative estimate of drug-likeness (QED) is 0.429. The second kappa shape index (κ2) is 9.04. The predicted octanol–water partition coefficient (Wildman–Crippen LogP) is 4.19. The summed E-state index contributed by atoms with van der Waals surface area (Å²) in [4.78, 5) is 24.9. The molecule has 0 unspecified atom stereocenters. The summed E-state index contributed by atoms with van der Waals surface area (Å²) in [5.41, 5.74) is 7.48. The maximum Gasteiger partial charge on any atom is 0.254 e. The number of ether oxygens (including phenoxy) is 1. The highest BCUT2D eigenvalue weighted by Gasteiger charge is 2.28. The molecular formula is C28H30N6O2. The highest BCUT2D eigenvalue weighted by Crippen LogP contribution is 2.37. The lowest BCUT2D eigenvalue weighted by Crippen LogP contribution is -2.16. The SMILES string of the molecule is CN(C)Cc1nc(Nc2cnc(-c3cccc4c3ccn4C)c3c2C(=O)NC3)ccc1[C@@H]1CCOC1. The Kier molecular flexibility index (Phi) is 5.70. The van der Waals surface area contributed by atoms with Gasteiger partial charge in [0.15, 0.2) is 0 Å². The van der Waals surface area contributed by atoms with Crippen LogP contribution >= 0.6 is 0 Å². The fraction of sp³-hybridized carbons (Fsp3) is 0.321. The molecule has 36 heavy (non-hydrogen) atoms. The Hall–Kier alpha value is -3.75. The molecular weight excluding hydrogens is 452 g/mol. The largest absolute Gasteiger partial charge is 0.381 e. The fourth-order valence-electron chi connectivity index (χ4n) is 5.37. The lowest BCUT2D eigenvalue weighted by molar-refractivity contribution is 0.0966. The van der Waals surface area contributed by atoms with Gasteiger partial charge in [-0.1, -0.05) is 18.2 Å². The molecule has 2 N–H and O–H groups in total. The van der Waals surface area contributed by atoms with Gasteiger partial charge in [0.25, 0.3) is 5.91 Å². The molecule has 8 nitrogen and oxygen atoms in total.